The SMILES string of the molecule is CCCCCCCC/C(=C/C(=O)[O-])C(=O)[O-].CCCCCCCC/C(=C/C(=O)[O-])C(=O)[O-].C[CH](C)[SnH2+4][CH](C)C. The normalized spacial score (nSPS) is 11.4. The molecule has 0 aliphatic carbocycles. The summed E-state index contributed by atoms with van der Waals surface area (Å²) < 4.78 is 2.17. The van der Waals surface area contributed by atoms with Crippen LogP contribution in [0.2, 0.25) is 7.87 Å². The van der Waals surface area contributed by atoms with Gasteiger partial charge in [-0.1, -0.05) is 78.1 Å². The Hall–Kier alpha value is -1.84. The Morgan fingerprint density at radius 2 is 0.821 bits per heavy atom. The molecular formula is C30H52O8Sn. The number of carboxylic acids is 4. The molecule has 0 fully saturated rings. The summed E-state index contributed by atoms with van der Waals surface area (Å²) in [4.78, 5) is 41.5. The fourth-order valence-corrected chi connectivity index (χ4v) is 9.27. The molecule has 0 aliphatic rings. The van der Waals surface area contributed by atoms with E-state index in [9.17, 15) is 39.6 Å². The Labute approximate surface area is 246 Å². The van der Waals surface area contributed by atoms with Gasteiger partial charge in [-0.2, -0.15) is 0 Å². The van der Waals surface area contributed by atoms with E-state index in [0.29, 0.717) is 25.0 Å². The molecule has 0 rings (SSSR count). The molecule has 0 aliphatic heterocycles. The molecule has 0 N–H and O–H groups in total. The van der Waals surface area contributed by atoms with E-state index in [1.165, 1.54) is 12.8 Å². The van der Waals surface area contributed by atoms with Gasteiger partial charge >= 0.3 is 56.7 Å². The van der Waals surface area contributed by atoms with Gasteiger partial charge in [-0.05, 0) is 49.0 Å². The van der Waals surface area contributed by atoms with Gasteiger partial charge in [-0.25, -0.2) is 0 Å². The predicted octanol–water partition coefficient (Wildman–Crippen LogP) is 2.14. The molecule has 0 unspecified atom stereocenters. The number of hydrogen-bond donors (Lipinski definition) is 0. The van der Waals surface area contributed by atoms with Crippen molar-refractivity contribution in [3.05, 3.63) is 23.3 Å². The van der Waals surface area contributed by atoms with E-state index in [4.69, 9.17) is 0 Å². The molecule has 39 heavy (non-hydrogen) atoms. The van der Waals surface area contributed by atoms with Crippen LogP contribution in [0.15, 0.2) is 23.3 Å². The minimum absolute atomic E-state index is 0.185. The van der Waals surface area contributed by atoms with Gasteiger partial charge in [0.15, 0.2) is 0 Å². The topological polar surface area (TPSA) is 161 Å². The van der Waals surface area contributed by atoms with Crippen LogP contribution in [0.1, 0.15) is 131 Å². The fourth-order valence-electron chi connectivity index (χ4n) is 3.89. The van der Waals surface area contributed by atoms with Crippen molar-refractivity contribution in [2.24, 2.45) is 0 Å². The summed E-state index contributed by atoms with van der Waals surface area (Å²) in [6.07, 6.45) is 14.0. The van der Waals surface area contributed by atoms with Crippen molar-refractivity contribution < 1.29 is 39.6 Å². The van der Waals surface area contributed by atoms with Gasteiger partial charge in [-0.3, -0.25) is 0 Å². The van der Waals surface area contributed by atoms with E-state index in [0.717, 1.165) is 59.2 Å². The standard InChI is InChI=1S/2C12H20O4.2C3H7.Sn.2H/c2*1-2-3-4-5-6-7-8-10(12(15)16)9-11(13)14;2*1-3-2;;;/h2*9H,2-8H2,1H3,(H,13,14)(H,15,16);2*3H,1-2H3;;;/q;;;;+4;;/p-4/b2*10-9-;;;;;. The Bertz CT molecular complexity index is 666. The summed E-state index contributed by atoms with van der Waals surface area (Å²) in [6.45, 7) is 13.7. The molecule has 0 saturated carbocycles. The monoisotopic (exact) mass is 660 g/mol. The first kappa shape index (κ1) is 41.6. The summed E-state index contributed by atoms with van der Waals surface area (Å²) >= 11 is -0.272. The molecule has 0 amide bonds. The average Bonchev–Trinajstić information content (AvgIpc) is 2.81. The summed E-state index contributed by atoms with van der Waals surface area (Å²) in [5.74, 6) is -5.80. The summed E-state index contributed by atoms with van der Waals surface area (Å²) in [7, 11) is 0. The average molecular weight is 659 g/mol. The first-order valence-electron chi connectivity index (χ1n) is 14.5. The number of carbonyl (C=O) groups is 4. The molecular weight excluding hydrogens is 607 g/mol. The Morgan fingerprint density at radius 1 is 0.538 bits per heavy atom. The van der Waals surface area contributed by atoms with E-state index in [1.807, 2.05) is 0 Å². The first-order valence-corrected chi connectivity index (χ1v) is 19.2. The molecule has 9 heteroatoms. The van der Waals surface area contributed by atoms with Crippen LogP contribution in [0.4, 0.5) is 0 Å². The third-order valence-corrected chi connectivity index (χ3v) is 11.0. The van der Waals surface area contributed by atoms with Crippen molar-refractivity contribution in [1.82, 2.24) is 0 Å². The van der Waals surface area contributed by atoms with Gasteiger partial charge in [0.2, 0.25) is 0 Å². The molecule has 224 valence electrons. The molecule has 0 bridgehead atoms. The number of aliphatic carboxylic acids is 4. The Kier molecular flexibility index (Phi) is 31.1. The van der Waals surface area contributed by atoms with Crippen molar-refractivity contribution in [1.29, 1.82) is 0 Å². The summed E-state index contributed by atoms with van der Waals surface area (Å²) in [6, 6.07) is 0. The Balaban J connectivity index is -0.000000537. The van der Waals surface area contributed by atoms with Crippen LogP contribution in [0.5, 0.6) is 0 Å². The fraction of sp³-hybridized carbons (Fsp3) is 0.733. The third-order valence-electron chi connectivity index (χ3n) is 5.65. The van der Waals surface area contributed by atoms with Crippen LogP contribution in [-0.4, -0.2) is 45.0 Å². The molecule has 8 nitrogen and oxygen atoms in total. The van der Waals surface area contributed by atoms with Crippen LogP contribution in [0, 0.1) is 0 Å². The minimum atomic E-state index is -1.48. The van der Waals surface area contributed by atoms with Gasteiger partial charge in [0.05, 0.1) is 23.9 Å². The zero-order chi connectivity index (χ0) is 30.6. The van der Waals surface area contributed by atoms with Gasteiger partial charge in [0.1, 0.15) is 0 Å². The molecule has 0 aromatic rings. The van der Waals surface area contributed by atoms with Crippen molar-refractivity contribution in [3.8, 4) is 0 Å². The summed E-state index contributed by atoms with van der Waals surface area (Å²) in [5, 5.41) is 41.5. The number of carboxylic acid groups (broad SMARTS) is 4. The second-order valence-corrected chi connectivity index (χ2v) is 21.3. The first-order chi connectivity index (χ1) is 18.3. The van der Waals surface area contributed by atoms with E-state index in [-0.39, 0.29) is 45.1 Å². The van der Waals surface area contributed by atoms with Gasteiger partial charge in [-0.15, -0.1) is 0 Å². The predicted molar refractivity (Wildman–Crippen MR) is 151 cm³/mol. The van der Waals surface area contributed by atoms with Gasteiger partial charge < -0.3 is 39.6 Å². The maximum atomic E-state index is 10.5. The number of hydrogen-bond acceptors (Lipinski definition) is 8. The molecule has 0 spiro atoms. The van der Waals surface area contributed by atoms with E-state index < -0.39 is 23.9 Å². The van der Waals surface area contributed by atoms with E-state index in [1.54, 1.807) is 0 Å². The second-order valence-electron chi connectivity index (χ2n) is 10.6. The molecule has 0 aromatic heterocycles. The maximum absolute atomic E-state index is 10.5. The molecule has 0 heterocycles. The Morgan fingerprint density at radius 3 is 1.03 bits per heavy atom. The van der Waals surface area contributed by atoms with Crippen molar-refractivity contribution in [2.75, 3.05) is 0 Å². The van der Waals surface area contributed by atoms with Crippen LogP contribution in [0.3, 0.4) is 0 Å². The second kappa shape index (κ2) is 29.1. The van der Waals surface area contributed by atoms with Crippen molar-refractivity contribution in [3.63, 3.8) is 0 Å². The van der Waals surface area contributed by atoms with Crippen molar-refractivity contribution in [2.45, 2.75) is 139 Å². The van der Waals surface area contributed by atoms with Crippen LogP contribution >= 0.6 is 0 Å². The van der Waals surface area contributed by atoms with Gasteiger partial charge in [0, 0.05) is 0 Å². The number of unbranched alkanes of at least 4 members (excludes halogenated alkanes) is 10. The molecule has 0 saturated heterocycles. The van der Waals surface area contributed by atoms with Gasteiger partial charge in [0.25, 0.3) is 0 Å². The van der Waals surface area contributed by atoms with Crippen LogP contribution in [-0.2, 0) is 19.2 Å². The van der Waals surface area contributed by atoms with Crippen molar-refractivity contribution >= 4 is 45.0 Å². The van der Waals surface area contributed by atoms with Crippen LogP contribution < -0.4 is 20.4 Å². The quantitative estimate of drug-likeness (QED) is 0.109. The van der Waals surface area contributed by atoms with E-state index >= 15 is 0 Å². The number of carbonyl (C=O) groups excluding carboxylic acids is 4. The third kappa shape index (κ3) is 36.2. The zero-order valence-corrected chi connectivity index (χ0v) is 29.2. The molecule has 0 aromatic carbocycles. The molecule has 0 atom stereocenters. The molecule has 4 radical (unpaired) electrons. The zero-order valence-electron chi connectivity index (χ0n) is 25.2. The number of rotatable bonds is 20. The van der Waals surface area contributed by atoms with Crippen LogP contribution in [0.25, 0.3) is 0 Å². The summed E-state index contributed by atoms with van der Waals surface area (Å²) in [5.41, 5.74) is -0.369. The van der Waals surface area contributed by atoms with E-state index in [2.05, 4.69) is 41.5 Å².